The van der Waals surface area contributed by atoms with Crippen LogP contribution in [0.3, 0.4) is 0 Å². The molecule has 10 heteroatoms. The zero-order valence-electron chi connectivity index (χ0n) is 18.8. The van der Waals surface area contributed by atoms with E-state index in [1.165, 1.54) is 12.4 Å². The minimum atomic E-state index is -0.885. The topological polar surface area (TPSA) is 135 Å². The number of rotatable bonds is 4. The van der Waals surface area contributed by atoms with Gasteiger partial charge in [0, 0.05) is 37.9 Å². The lowest BCUT2D eigenvalue weighted by Crippen LogP contribution is -2.62. The number of hydrogen-bond donors (Lipinski definition) is 3. The molecule has 4 rings (SSSR count). The van der Waals surface area contributed by atoms with E-state index in [4.69, 9.17) is 5.73 Å². The van der Waals surface area contributed by atoms with Crippen LogP contribution in [0, 0.1) is 6.92 Å². The fourth-order valence-corrected chi connectivity index (χ4v) is 5.27. The number of nitrogen functional groups attached to an aromatic ring is 1. The van der Waals surface area contributed by atoms with Crippen LogP contribution in [0.25, 0.3) is 0 Å². The summed E-state index contributed by atoms with van der Waals surface area (Å²) in [6.45, 7) is 7.43. The van der Waals surface area contributed by atoms with E-state index in [1.807, 2.05) is 25.7 Å². The molecule has 10 nitrogen and oxygen atoms in total. The first-order valence-electron chi connectivity index (χ1n) is 10.9. The number of amides is 2. The number of carbonyl (C=O) groups excluding carboxylic acids is 2. The Morgan fingerprint density at radius 1 is 1.22 bits per heavy atom. The number of aryl methyl sites for hydroxylation is 1. The van der Waals surface area contributed by atoms with Crippen LogP contribution in [-0.4, -0.2) is 43.3 Å². The Bertz CT molecular complexity index is 1130. The highest BCUT2D eigenvalue weighted by molar-refractivity contribution is 5.97. The molecule has 1 spiro atoms. The summed E-state index contributed by atoms with van der Waals surface area (Å²) in [5.41, 5.74) is 5.88. The third-order valence-electron chi connectivity index (χ3n) is 6.57. The number of piperidine rings is 1. The summed E-state index contributed by atoms with van der Waals surface area (Å²) in [6.07, 6.45) is 3.73. The van der Waals surface area contributed by atoms with Crippen molar-refractivity contribution < 1.29 is 9.59 Å². The first-order valence-corrected chi connectivity index (χ1v) is 10.9. The van der Waals surface area contributed by atoms with Gasteiger partial charge in [-0.2, -0.15) is 0 Å². The maximum atomic E-state index is 13.7. The zero-order chi connectivity index (χ0) is 23.2. The highest BCUT2D eigenvalue weighted by atomic mass is 16.2. The molecule has 0 saturated carbocycles. The van der Waals surface area contributed by atoms with Gasteiger partial charge >= 0.3 is 0 Å². The predicted octanol–water partition coefficient (Wildman–Crippen LogP) is 1.87. The zero-order valence-corrected chi connectivity index (χ0v) is 18.8. The summed E-state index contributed by atoms with van der Waals surface area (Å²) in [5.74, 6) is 0.425. The standard InChI is InChI=1S/C22H29N7O3/c1-5-14-9-22(10-15(6-2)28(14)13(4)30)27-20(31)19-12(3)7-16(21(32)29(19)22)26-18-8-17(23)24-11-25-18/h7-8,11,14-15H,5-6,9-10H2,1-4H3,(H,27,31)(H3,23,24,25,26). The second-order valence-corrected chi connectivity index (χ2v) is 8.63. The van der Waals surface area contributed by atoms with E-state index in [0.29, 0.717) is 35.6 Å². The Hall–Kier alpha value is -3.43. The lowest BCUT2D eigenvalue weighted by molar-refractivity contribution is -0.139. The number of aromatic nitrogens is 3. The number of nitrogens with zero attached hydrogens (tertiary/aromatic N) is 4. The minimum Gasteiger partial charge on any atom is -0.384 e. The molecule has 2 amide bonds. The van der Waals surface area contributed by atoms with Gasteiger partial charge in [0.2, 0.25) is 5.91 Å². The first kappa shape index (κ1) is 21.8. The molecule has 1 saturated heterocycles. The lowest BCUT2D eigenvalue weighted by Gasteiger charge is -2.49. The molecule has 0 bridgehead atoms. The van der Waals surface area contributed by atoms with Crippen molar-refractivity contribution in [3.05, 3.63) is 40.1 Å². The van der Waals surface area contributed by atoms with Gasteiger partial charge in [-0.1, -0.05) is 13.8 Å². The molecule has 2 aromatic heterocycles. The summed E-state index contributed by atoms with van der Waals surface area (Å²) < 4.78 is 1.60. The Kier molecular flexibility index (Phi) is 5.39. The number of hydrogen-bond acceptors (Lipinski definition) is 7. The Morgan fingerprint density at radius 2 is 1.88 bits per heavy atom. The summed E-state index contributed by atoms with van der Waals surface area (Å²) >= 11 is 0. The number of pyridine rings is 1. The van der Waals surface area contributed by atoms with Gasteiger partial charge in [0.25, 0.3) is 11.5 Å². The Morgan fingerprint density at radius 3 is 2.44 bits per heavy atom. The van der Waals surface area contributed by atoms with E-state index in [-0.39, 0.29) is 35.3 Å². The van der Waals surface area contributed by atoms with E-state index < -0.39 is 5.66 Å². The van der Waals surface area contributed by atoms with Crippen LogP contribution in [0.2, 0.25) is 0 Å². The summed E-state index contributed by atoms with van der Waals surface area (Å²) in [4.78, 5) is 49.0. The van der Waals surface area contributed by atoms with Crippen molar-refractivity contribution in [3.8, 4) is 0 Å². The average molecular weight is 440 g/mol. The third kappa shape index (κ3) is 3.39. The predicted molar refractivity (Wildman–Crippen MR) is 121 cm³/mol. The summed E-state index contributed by atoms with van der Waals surface area (Å²) in [7, 11) is 0. The Balaban J connectivity index is 1.84. The van der Waals surface area contributed by atoms with E-state index in [1.54, 1.807) is 17.6 Å². The molecular formula is C22H29N7O3. The van der Waals surface area contributed by atoms with Crippen molar-refractivity contribution >= 4 is 29.1 Å². The van der Waals surface area contributed by atoms with Crippen LogP contribution in [0.4, 0.5) is 17.3 Å². The second kappa shape index (κ2) is 7.92. The highest BCUT2D eigenvalue weighted by Crippen LogP contribution is 2.41. The third-order valence-corrected chi connectivity index (χ3v) is 6.57. The number of anilines is 3. The van der Waals surface area contributed by atoms with Crippen LogP contribution in [0.5, 0.6) is 0 Å². The van der Waals surface area contributed by atoms with Crippen molar-refractivity contribution in [1.82, 2.24) is 24.8 Å². The molecule has 4 N–H and O–H groups in total. The molecular weight excluding hydrogens is 410 g/mol. The largest absolute Gasteiger partial charge is 0.384 e. The molecule has 0 radical (unpaired) electrons. The van der Waals surface area contributed by atoms with Crippen molar-refractivity contribution in [2.75, 3.05) is 11.1 Å². The van der Waals surface area contributed by atoms with Gasteiger partial charge < -0.3 is 21.3 Å². The highest BCUT2D eigenvalue weighted by Gasteiger charge is 2.52. The van der Waals surface area contributed by atoms with Crippen LogP contribution >= 0.6 is 0 Å². The van der Waals surface area contributed by atoms with Crippen molar-refractivity contribution in [2.24, 2.45) is 0 Å². The monoisotopic (exact) mass is 439 g/mol. The van der Waals surface area contributed by atoms with Gasteiger partial charge in [-0.05, 0) is 31.4 Å². The normalized spacial score (nSPS) is 24.4. The molecule has 2 aliphatic rings. The van der Waals surface area contributed by atoms with Crippen molar-refractivity contribution in [1.29, 1.82) is 0 Å². The number of fused-ring (bicyclic) bond motifs is 2. The quantitative estimate of drug-likeness (QED) is 0.662. The van der Waals surface area contributed by atoms with Gasteiger partial charge in [0.05, 0.1) is 0 Å². The first-order chi connectivity index (χ1) is 15.2. The maximum absolute atomic E-state index is 13.7. The Labute approximate surface area is 186 Å². The number of nitrogens with one attached hydrogen (secondary N) is 2. The van der Waals surface area contributed by atoms with Crippen LogP contribution in [0.15, 0.2) is 23.3 Å². The smallest absolute Gasteiger partial charge is 0.276 e. The fraction of sp³-hybridized carbons (Fsp3) is 0.500. The van der Waals surface area contributed by atoms with Crippen LogP contribution < -0.4 is 21.9 Å². The van der Waals surface area contributed by atoms with Crippen molar-refractivity contribution in [2.45, 2.75) is 71.1 Å². The number of carbonyl (C=O) groups is 2. The van der Waals surface area contributed by atoms with E-state index in [0.717, 1.165) is 12.8 Å². The maximum Gasteiger partial charge on any atom is 0.276 e. The van der Waals surface area contributed by atoms with Crippen LogP contribution in [-0.2, 0) is 10.5 Å². The number of nitrogens with two attached hydrogens (primary N) is 1. The van der Waals surface area contributed by atoms with E-state index in [2.05, 4.69) is 20.6 Å². The van der Waals surface area contributed by atoms with Gasteiger partial charge in [0.1, 0.15) is 35.0 Å². The molecule has 0 aliphatic carbocycles. The summed E-state index contributed by atoms with van der Waals surface area (Å²) in [5, 5.41) is 6.15. The van der Waals surface area contributed by atoms with Gasteiger partial charge in [0.15, 0.2) is 0 Å². The molecule has 32 heavy (non-hydrogen) atoms. The summed E-state index contributed by atoms with van der Waals surface area (Å²) in [6, 6.07) is 3.03. The SMILES string of the molecule is CCC1CC2(CC(CC)N1C(C)=O)NC(=O)c1c(C)cc(Nc3cc(N)ncn3)c(=O)n12. The fourth-order valence-electron chi connectivity index (χ4n) is 5.27. The van der Waals surface area contributed by atoms with E-state index in [9.17, 15) is 14.4 Å². The van der Waals surface area contributed by atoms with E-state index >= 15 is 0 Å². The lowest BCUT2D eigenvalue weighted by atomic mass is 9.83. The van der Waals surface area contributed by atoms with Gasteiger partial charge in [-0.3, -0.25) is 19.0 Å². The van der Waals surface area contributed by atoms with Gasteiger partial charge in [-0.15, -0.1) is 0 Å². The number of likely N-dealkylation sites (tertiary alicyclic amines) is 1. The molecule has 4 heterocycles. The molecule has 170 valence electrons. The average Bonchev–Trinajstić information content (AvgIpc) is 3.02. The van der Waals surface area contributed by atoms with Gasteiger partial charge in [-0.25, -0.2) is 9.97 Å². The molecule has 2 aliphatic heterocycles. The second-order valence-electron chi connectivity index (χ2n) is 8.63. The van der Waals surface area contributed by atoms with Crippen LogP contribution in [0.1, 0.15) is 62.5 Å². The molecule has 2 aromatic rings. The van der Waals surface area contributed by atoms with Crippen molar-refractivity contribution in [3.63, 3.8) is 0 Å². The molecule has 2 atom stereocenters. The molecule has 0 aromatic carbocycles. The molecule has 2 unspecified atom stereocenters. The minimum absolute atomic E-state index is 0.0170. The molecule has 1 fully saturated rings.